The standard InChI is InChI=1S/C23H21ClF3N3O3/c24-16-5-2-6-17(13-16)30-20(15-4-1-7-18(12-15)33-23(25,26)27)14-19(28-30)21-22(32-21)29-8-3-10-31-11-9-29/h1-2,4-7,12-14,21-22H,3,8-11H2. The Kier molecular flexibility index (Phi) is 6.05. The second-order valence-corrected chi connectivity index (χ2v) is 8.31. The van der Waals surface area contributed by atoms with Gasteiger partial charge < -0.3 is 14.2 Å². The van der Waals surface area contributed by atoms with Gasteiger partial charge in [0.1, 0.15) is 18.1 Å². The number of hydrogen-bond acceptors (Lipinski definition) is 5. The molecule has 2 saturated heterocycles. The Morgan fingerprint density at radius 1 is 1.03 bits per heavy atom. The number of aromatic nitrogens is 2. The predicted molar refractivity (Wildman–Crippen MR) is 115 cm³/mol. The molecular weight excluding hydrogens is 459 g/mol. The molecule has 2 unspecified atom stereocenters. The molecule has 3 heterocycles. The smallest absolute Gasteiger partial charge is 0.406 e. The molecule has 2 fully saturated rings. The Balaban J connectivity index is 1.49. The highest BCUT2D eigenvalue weighted by Gasteiger charge is 2.46. The van der Waals surface area contributed by atoms with Crippen molar-refractivity contribution >= 4 is 11.6 Å². The molecule has 2 atom stereocenters. The molecule has 0 bridgehead atoms. The number of benzene rings is 2. The lowest BCUT2D eigenvalue weighted by Crippen LogP contribution is -2.29. The van der Waals surface area contributed by atoms with Gasteiger partial charge in [-0.25, -0.2) is 4.68 Å². The highest BCUT2D eigenvalue weighted by Crippen LogP contribution is 2.42. The molecule has 0 aliphatic carbocycles. The third-order valence-corrected chi connectivity index (χ3v) is 5.76. The van der Waals surface area contributed by atoms with Crippen molar-refractivity contribution < 1.29 is 27.4 Å². The molecule has 0 amide bonds. The molecule has 2 aromatic carbocycles. The molecule has 174 valence electrons. The second kappa shape index (κ2) is 8.98. The zero-order valence-corrected chi connectivity index (χ0v) is 18.2. The van der Waals surface area contributed by atoms with Crippen LogP contribution in [0.1, 0.15) is 18.2 Å². The van der Waals surface area contributed by atoms with E-state index in [0.29, 0.717) is 34.3 Å². The number of alkyl halides is 3. The number of halogens is 4. The van der Waals surface area contributed by atoms with Gasteiger partial charge in [0, 0.05) is 30.3 Å². The van der Waals surface area contributed by atoms with Crippen molar-refractivity contribution in [2.45, 2.75) is 25.1 Å². The third-order valence-electron chi connectivity index (χ3n) is 5.52. The quantitative estimate of drug-likeness (QED) is 0.470. The molecule has 6 nitrogen and oxygen atoms in total. The van der Waals surface area contributed by atoms with Gasteiger partial charge in [-0.15, -0.1) is 13.2 Å². The van der Waals surface area contributed by atoms with Crippen LogP contribution < -0.4 is 4.74 Å². The van der Waals surface area contributed by atoms with Crippen molar-refractivity contribution in [3.63, 3.8) is 0 Å². The monoisotopic (exact) mass is 479 g/mol. The van der Waals surface area contributed by atoms with Gasteiger partial charge in [-0.1, -0.05) is 29.8 Å². The highest BCUT2D eigenvalue weighted by molar-refractivity contribution is 6.30. The summed E-state index contributed by atoms with van der Waals surface area (Å²) in [6.45, 7) is 3.04. The van der Waals surface area contributed by atoms with Crippen molar-refractivity contribution in [3.8, 4) is 22.7 Å². The van der Waals surface area contributed by atoms with Crippen LogP contribution in [0.3, 0.4) is 0 Å². The highest BCUT2D eigenvalue weighted by atomic mass is 35.5. The van der Waals surface area contributed by atoms with Gasteiger partial charge >= 0.3 is 6.36 Å². The normalized spacial score (nSPS) is 21.6. The van der Waals surface area contributed by atoms with Crippen LogP contribution >= 0.6 is 11.6 Å². The number of rotatable bonds is 5. The van der Waals surface area contributed by atoms with Crippen LogP contribution in [0.15, 0.2) is 54.6 Å². The first-order valence-electron chi connectivity index (χ1n) is 10.6. The molecule has 0 spiro atoms. The summed E-state index contributed by atoms with van der Waals surface area (Å²) in [5, 5.41) is 5.27. The Bertz CT molecular complexity index is 1130. The van der Waals surface area contributed by atoms with Gasteiger partial charge in [-0.2, -0.15) is 5.10 Å². The maximum atomic E-state index is 12.7. The molecule has 0 N–H and O–H groups in total. The number of hydrogen-bond donors (Lipinski definition) is 0. The summed E-state index contributed by atoms with van der Waals surface area (Å²) in [7, 11) is 0. The maximum Gasteiger partial charge on any atom is 0.573 e. The lowest BCUT2D eigenvalue weighted by molar-refractivity contribution is -0.274. The van der Waals surface area contributed by atoms with Crippen LogP contribution in [-0.2, 0) is 9.47 Å². The Morgan fingerprint density at radius 3 is 2.70 bits per heavy atom. The summed E-state index contributed by atoms with van der Waals surface area (Å²) in [5.74, 6) is -0.300. The molecule has 2 aliphatic heterocycles. The van der Waals surface area contributed by atoms with E-state index in [1.807, 2.05) is 12.1 Å². The second-order valence-electron chi connectivity index (χ2n) is 7.87. The molecule has 1 aromatic heterocycles. The Labute approximate surface area is 193 Å². The molecule has 33 heavy (non-hydrogen) atoms. The van der Waals surface area contributed by atoms with Crippen LogP contribution in [0.2, 0.25) is 5.02 Å². The van der Waals surface area contributed by atoms with Crippen molar-refractivity contribution in [2.75, 3.05) is 26.3 Å². The van der Waals surface area contributed by atoms with E-state index < -0.39 is 6.36 Å². The van der Waals surface area contributed by atoms with E-state index >= 15 is 0 Å². The van der Waals surface area contributed by atoms with Crippen molar-refractivity contribution in [1.29, 1.82) is 0 Å². The van der Waals surface area contributed by atoms with Crippen LogP contribution in [0.25, 0.3) is 16.9 Å². The predicted octanol–water partition coefficient (Wildman–Crippen LogP) is 5.21. The summed E-state index contributed by atoms with van der Waals surface area (Å²) in [6, 6.07) is 14.8. The third kappa shape index (κ3) is 5.16. The van der Waals surface area contributed by atoms with Crippen LogP contribution in [0.5, 0.6) is 5.75 Å². The van der Waals surface area contributed by atoms with Gasteiger partial charge in [0.25, 0.3) is 0 Å². The van der Waals surface area contributed by atoms with Gasteiger partial charge in [0.15, 0.2) is 0 Å². The van der Waals surface area contributed by atoms with Gasteiger partial charge in [0.05, 0.1) is 23.7 Å². The lowest BCUT2D eigenvalue weighted by atomic mass is 10.1. The van der Waals surface area contributed by atoms with E-state index in [1.54, 1.807) is 28.9 Å². The number of nitrogens with zero attached hydrogens (tertiary/aromatic N) is 3. The number of ether oxygens (including phenoxy) is 3. The van der Waals surface area contributed by atoms with E-state index in [0.717, 1.165) is 26.1 Å². The minimum Gasteiger partial charge on any atom is -0.406 e. The van der Waals surface area contributed by atoms with Crippen LogP contribution in [-0.4, -0.2) is 53.6 Å². The largest absolute Gasteiger partial charge is 0.573 e. The molecule has 5 rings (SSSR count). The SMILES string of the molecule is FC(F)(F)Oc1cccc(-c2cc(C3OC3N3CCCOCC3)nn2-c2cccc(Cl)c2)c1. The topological polar surface area (TPSA) is 52.1 Å². The summed E-state index contributed by atoms with van der Waals surface area (Å²) in [4.78, 5) is 2.23. The van der Waals surface area contributed by atoms with E-state index in [-0.39, 0.29) is 18.1 Å². The summed E-state index contributed by atoms with van der Waals surface area (Å²) in [6.07, 6.45) is -4.16. The summed E-state index contributed by atoms with van der Waals surface area (Å²) < 4.78 is 55.5. The van der Waals surface area contributed by atoms with Gasteiger partial charge in [0.2, 0.25) is 0 Å². The van der Waals surface area contributed by atoms with E-state index in [2.05, 4.69) is 9.64 Å². The molecule has 0 radical (unpaired) electrons. The molecule has 2 aliphatic rings. The fourth-order valence-electron chi connectivity index (χ4n) is 4.02. The van der Waals surface area contributed by atoms with Crippen molar-refractivity contribution in [1.82, 2.24) is 14.7 Å². The molecule has 3 aromatic rings. The zero-order valence-electron chi connectivity index (χ0n) is 17.5. The van der Waals surface area contributed by atoms with Gasteiger partial charge in [-0.3, -0.25) is 4.90 Å². The maximum absolute atomic E-state index is 12.7. The first kappa shape index (κ1) is 22.2. The average Bonchev–Trinajstić information content (AvgIpc) is 3.50. The average molecular weight is 480 g/mol. The fraction of sp³-hybridized carbons (Fsp3) is 0.348. The molecular formula is C23H21ClF3N3O3. The van der Waals surface area contributed by atoms with Crippen molar-refractivity contribution in [2.24, 2.45) is 0 Å². The van der Waals surface area contributed by atoms with Gasteiger partial charge in [-0.05, 0) is 42.8 Å². The van der Waals surface area contributed by atoms with E-state index in [9.17, 15) is 13.2 Å². The summed E-state index contributed by atoms with van der Waals surface area (Å²) >= 11 is 6.18. The van der Waals surface area contributed by atoms with E-state index in [1.165, 1.54) is 18.2 Å². The number of epoxide rings is 1. The Hall–Kier alpha value is -2.59. The Morgan fingerprint density at radius 2 is 1.88 bits per heavy atom. The van der Waals surface area contributed by atoms with E-state index in [4.69, 9.17) is 26.2 Å². The van der Waals surface area contributed by atoms with Crippen molar-refractivity contribution in [3.05, 3.63) is 65.3 Å². The summed E-state index contributed by atoms with van der Waals surface area (Å²) in [5.41, 5.74) is 2.51. The molecule has 0 saturated carbocycles. The minimum absolute atomic E-state index is 0.0952. The first-order valence-corrected chi connectivity index (χ1v) is 10.9. The first-order chi connectivity index (χ1) is 15.9. The molecule has 10 heteroatoms. The minimum atomic E-state index is -4.77. The fourth-order valence-corrected chi connectivity index (χ4v) is 4.20. The van der Waals surface area contributed by atoms with Crippen LogP contribution in [0.4, 0.5) is 13.2 Å². The van der Waals surface area contributed by atoms with Crippen LogP contribution in [0, 0.1) is 0 Å². The lowest BCUT2D eigenvalue weighted by Gasteiger charge is -2.15. The zero-order chi connectivity index (χ0) is 23.0.